The van der Waals surface area contributed by atoms with Crippen LogP contribution < -0.4 is 5.32 Å². The summed E-state index contributed by atoms with van der Waals surface area (Å²) < 4.78 is 6.25. The van der Waals surface area contributed by atoms with Gasteiger partial charge >= 0.3 is 0 Å². The Balaban J connectivity index is 2.39. The molecule has 0 aliphatic heterocycles. The number of hydrogen-bond donors (Lipinski definition) is 1. The lowest BCUT2D eigenvalue weighted by Crippen LogP contribution is -2.21. The second-order valence-electron chi connectivity index (χ2n) is 4.03. The van der Waals surface area contributed by atoms with Crippen LogP contribution in [-0.2, 0) is 0 Å². The predicted molar refractivity (Wildman–Crippen MR) is 73.0 cm³/mol. The number of halogens is 1. The van der Waals surface area contributed by atoms with E-state index in [4.69, 9.17) is 16.0 Å². The highest BCUT2D eigenvalue weighted by Crippen LogP contribution is 2.35. The Morgan fingerprint density at radius 1 is 1.47 bits per heavy atom. The molecule has 2 nitrogen and oxygen atoms in total. The van der Waals surface area contributed by atoms with Gasteiger partial charge in [-0.25, -0.2) is 0 Å². The summed E-state index contributed by atoms with van der Waals surface area (Å²) in [5.41, 5.74) is 2.32. The molecule has 0 saturated carbocycles. The van der Waals surface area contributed by atoms with E-state index < -0.39 is 0 Å². The molecule has 0 bridgehead atoms. The minimum Gasteiger partial charge on any atom is -0.469 e. The van der Waals surface area contributed by atoms with E-state index >= 15 is 0 Å². The first-order chi connectivity index (χ1) is 8.13. The summed E-state index contributed by atoms with van der Waals surface area (Å²) in [5, 5.41) is 3.47. The van der Waals surface area contributed by atoms with Crippen LogP contribution in [0.25, 0.3) is 0 Å². The van der Waals surface area contributed by atoms with E-state index in [0.29, 0.717) is 0 Å². The van der Waals surface area contributed by atoms with Gasteiger partial charge in [0.05, 0.1) is 16.6 Å². The van der Waals surface area contributed by atoms with Crippen LogP contribution in [-0.4, -0.2) is 6.54 Å². The third kappa shape index (κ3) is 2.57. The molecule has 0 fully saturated rings. The van der Waals surface area contributed by atoms with E-state index in [1.165, 1.54) is 10.4 Å². The molecule has 0 radical (unpaired) electrons. The van der Waals surface area contributed by atoms with E-state index in [9.17, 15) is 0 Å². The molecule has 0 spiro atoms. The summed E-state index contributed by atoms with van der Waals surface area (Å²) in [6.45, 7) is 7.03. The molecular weight excluding hydrogens is 254 g/mol. The molecule has 1 N–H and O–H groups in total. The van der Waals surface area contributed by atoms with E-state index in [-0.39, 0.29) is 6.04 Å². The van der Waals surface area contributed by atoms with E-state index in [1.807, 2.05) is 19.9 Å². The van der Waals surface area contributed by atoms with Gasteiger partial charge in [0.2, 0.25) is 0 Å². The molecule has 17 heavy (non-hydrogen) atoms. The molecule has 0 aliphatic carbocycles. The number of aryl methyl sites for hydroxylation is 2. The normalized spacial score (nSPS) is 12.9. The Labute approximate surface area is 111 Å². The fourth-order valence-electron chi connectivity index (χ4n) is 1.89. The van der Waals surface area contributed by atoms with E-state index in [2.05, 4.69) is 18.3 Å². The van der Waals surface area contributed by atoms with Crippen molar-refractivity contribution in [2.24, 2.45) is 0 Å². The predicted octanol–water partition coefficient (Wildman–Crippen LogP) is 4.31. The molecule has 2 aromatic rings. The summed E-state index contributed by atoms with van der Waals surface area (Å²) in [5.74, 6) is 0.957. The van der Waals surface area contributed by atoms with Gasteiger partial charge in [-0.3, -0.25) is 0 Å². The van der Waals surface area contributed by atoms with E-state index in [1.54, 1.807) is 17.6 Å². The van der Waals surface area contributed by atoms with Crippen molar-refractivity contribution in [2.45, 2.75) is 26.8 Å². The minimum absolute atomic E-state index is 0.176. The molecule has 1 atom stereocenters. The average Bonchev–Trinajstić information content (AvgIpc) is 2.83. The minimum atomic E-state index is 0.176. The van der Waals surface area contributed by atoms with Crippen LogP contribution in [0.4, 0.5) is 0 Å². The van der Waals surface area contributed by atoms with Crippen molar-refractivity contribution in [1.82, 2.24) is 5.32 Å². The van der Waals surface area contributed by atoms with Crippen molar-refractivity contribution < 1.29 is 4.42 Å². The average molecular weight is 270 g/mol. The SMILES string of the molecule is CCNC(c1cc(C)c(Cl)s1)c1ccoc1C. The Hall–Kier alpha value is -0.770. The lowest BCUT2D eigenvalue weighted by molar-refractivity contribution is 0.521. The van der Waals surface area contributed by atoms with Gasteiger partial charge in [-0.1, -0.05) is 18.5 Å². The summed E-state index contributed by atoms with van der Waals surface area (Å²) in [6.07, 6.45) is 1.73. The van der Waals surface area contributed by atoms with Crippen molar-refractivity contribution in [1.29, 1.82) is 0 Å². The van der Waals surface area contributed by atoms with Gasteiger partial charge in [-0.05, 0) is 38.1 Å². The van der Waals surface area contributed by atoms with Crippen molar-refractivity contribution in [3.05, 3.63) is 44.5 Å². The standard InChI is InChI=1S/C13H16ClNOS/c1-4-15-12(10-5-6-16-9(10)3)11-7-8(2)13(14)17-11/h5-7,12,15H,4H2,1-3H3. The number of furan rings is 1. The summed E-state index contributed by atoms with van der Waals surface area (Å²) in [6, 6.07) is 4.34. The van der Waals surface area contributed by atoms with Gasteiger partial charge < -0.3 is 9.73 Å². The summed E-state index contributed by atoms with van der Waals surface area (Å²) >= 11 is 7.77. The summed E-state index contributed by atoms with van der Waals surface area (Å²) in [7, 11) is 0. The van der Waals surface area contributed by atoms with Crippen LogP contribution in [0, 0.1) is 13.8 Å². The van der Waals surface area contributed by atoms with Gasteiger partial charge in [-0.15, -0.1) is 11.3 Å². The smallest absolute Gasteiger partial charge is 0.105 e. The third-order valence-corrected chi connectivity index (χ3v) is 4.40. The molecule has 0 aliphatic rings. The quantitative estimate of drug-likeness (QED) is 0.895. The van der Waals surface area contributed by atoms with Gasteiger partial charge in [0.1, 0.15) is 5.76 Å². The Kier molecular flexibility index (Phi) is 3.92. The van der Waals surface area contributed by atoms with Crippen LogP contribution in [0.2, 0.25) is 4.34 Å². The van der Waals surface area contributed by atoms with Gasteiger partial charge in [0.25, 0.3) is 0 Å². The zero-order valence-corrected chi connectivity index (χ0v) is 11.8. The topological polar surface area (TPSA) is 25.2 Å². The Morgan fingerprint density at radius 2 is 2.24 bits per heavy atom. The van der Waals surface area contributed by atoms with Gasteiger partial charge in [-0.2, -0.15) is 0 Å². The maximum absolute atomic E-state index is 6.14. The first-order valence-electron chi connectivity index (χ1n) is 5.66. The van der Waals surface area contributed by atoms with Crippen LogP contribution >= 0.6 is 22.9 Å². The van der Waals surface area contributed by atoms with Crippen LogP contribution in [0.5, 0.6) is 0 Å². The monoisotopic (exact) mass is 269 g/mol. The number of thiophene rings is 1. The highest BCUT2D eigenvalue weighted by Gasteiger charge is 2.19. The molecule has 2 rings (SSSR count). The number of rotatable bonds is 4. The summed E-state index contributed by atoms with van der Waals surface area (Å²) in [4.78, 5) is 1.24. The highest BCUT2D eigenvalue weighted by molar-refractivity contribution is 7.16. The van der Waals surface area contributed by atoms with Crippen molar-refractivity contribution in [3.8, 4) is 0 Å². The third-order valence-electron chi connectivity index (χ3n) is 2.78. The van der Waals surface area contributed by atoms with Crippen molar-refractivity contribution in [2.75, 3.05) is 6.54 Å². The molecular formula is C13H16ClNOS. The molecule has 2 aromatic heterocycles. The van der Waals surface area contributed by atoms with Gasteiger partial charge in [0.15, 0.2) is 0 Å². The molecule has 0 aromatic carbocycles. The molecule has 0 amide bonds. The Bertz CT molecular complexity index is 484. The highest BCUT2D eigenvalue weighted by atomic mass is 35.5. The zero-order valence-electron chi connectivity index (χ0n) is 10.2. The van der Waals surface area contributed by atoms with Crippen molar-refractivity contribution >= 4 is 22.9 Å². The molecule has 0 saturated heterocycles. The number of hydrogen-bond acceptors (Lipinski definition) is 3. The lowest BCUT2D eigenvalue weighted by atomic mass is 10.1. The Morgan fingerprint density at radius 3 is 2.71 bits per heavy atom. The number of nitrogens with one attached hydrogen (secondary N) is 1. The first kappa shape index (κ1) is 12.7. The molecule has 4 heteroatoms. The first-order valence-corrected chi connectivity index (χ1v) is 6.86. The fraction of sp³-hybridized carbons (Fsp3) is 0.385. The molecule has 1 unspecified atom stereocenters. The zero-order chi connectivity index (χ0) is 12.4. The van der Waals surface area contributed by atoms with Crippen LogP contribution in [0.3, 0.4) is 0 Å². The largest absolute Gasteiger partial charge is 0.469 e. The maximum Gasteiger partial charge on any atom is 0.105 e. The second-order valence-corrected chi connectivity index (χ2v) is 5.71. The maximum atomic E-state index is 6.14. The molecule has 2 heterocycles. The lowest BCUT2D eigenvalue weighted by Gasteiger charge is -2.15. The van der Waals surface area contributed by atoms with Crippen LogP contribution in [0.1, 0.15) is 34.7 Å². The van der Waals surface area contributed by atoms with E-state index in [0.717, 1.165) is 22.2 Å². The van der Waals surface area contributed by atoms with Crippen molar-refractivity contribution in [3.63, 3.8) is 0 Å². The van der Waals surface area contributed by atoms with Gasteiger partial charge in [0, 0.05) is 10.4 Å². The fourth-order valence-corrected chi connectivity index (χ4v) is 3.20. The van der Waals surface area contributed by atoms with Crippen LogP contribution in [0.15, 0.2) is 22.8 Å². The second kappa shape index (κ2) is 5.25. The molecule has 92 valence electrons.